The first-order valence-electron chi connectivity index (χ1n) is 7.43. The number of amides is 1. The van der Waals surface area contributed by atoms with Gasteiger partial charge in [0.05, 0.1) is 5.41 Å². The minimum atomic E-state index is -0.537. The number of hydrogen-bond donors (Lipinski definition) is 2. The van der Waals surface area contributed by atoms with E-state index in [9.17, 15) is 9.18 Å². The lowest BCUT2D eigenvalue weighted by molar-refractivity contribution is -0.130. The van der Waals surface area contributed by atoms with Gasteiger partial charge < -0.3 is 11.1 Å². The van der Waals surface area contributed by atoms with E-state index in [0.29, 0.717) is 12.5 Å². The van der Waals surface area contributed by atoms with Crippen molar-refractivity contribution in [2.24, 2.45) is 11.7 Å². The second-order valence-corrected chi connectivity index (χ2v) is 6.10. The molecule has 3 nitrogen and oxygen atoms in total. The number of carbonyl (C=O) groups excluding carboxylic acids is 1. The molecule has 1 aromatic carbocycles. The third-order valence-electron chi connectivity index (χ3n) is 4.78. The summed E-state index contributed by atoms with van der Waals surface area (Å²) < 4.78 is 13.4. The summed E-state index contributed by atoms with van der Waals surface area (Å²) in [6.07, 6.45) is 4.90. The zero-order valence-corrected chi connectivity index (χ0v) is 11.6. The zero-order valence-electron chi connectivity index (χ0n) is 11.6. The molecule has 2 saturated carbocycles. The van der Waals surface area contributed by atoms with Crippen LogP contribution in [0.3, 0.4) is 0 Å². The molecule has 1 aromatic rings. The number of rotatable bonds is 5. The van der Waals surface area contributed by atoms with E-state index in [1.165, 1.54) is 12.1 Å². The molecule has 3 N–H and O–H groups in total. The predicted octanol–water partition coefficient (Wildman–Crippen LogP) is 2.10. The van der Waals surface area contributed by atoms with Crippen LogP contribution < -0.4 is 11.1 Å². The Kier molecular flexibility index (Phi) is 3.50. The van der Waals surface area contributed by atoms with Gasteiger partial charge in [-0.15, -0.1) is 0 Å². The Balaban J connectivity index is 1.79. The molecular weight excluding hydrogens is 255 g/mol. The van der Waals surface area contributed by atoms with Crippen LogP contribution in [-0.2, 0) is 10.2 Å². The van der Waals surface area contributed by atoms with Crippen molar-refractivity contribution in [2.75, 3.05) is 6.54 Å². The van der Waals surface area contributed by atoms with Gasteiger partial charge in [0, 0.05) is 12.6 Å². The molecule has 0 heterocycles. The Morgan fingerprint density at radius 1 is 1.45 bits per heavy atom. The van der Waals surface area contributed by atoms with E-state index >= 15 is 0 Å². The van der Waals surface area contributed by atoms with Crippen LogP contribution in [0.5, 0.6) is 0 Å². The molecule has 2 aliphatic rings. The Hall–Kier alpha value is -1.42. The molecule has 1 unspecified atom stereocenters. The molecule has 4 heteroatoms. The zero-order chi connectivity index (χ0) is 14.2. The van der Waals surface area contributed by atoms with E-state index in [2.05, 4.69) is 5.32 Å². The topological polar surface area (TPSA) is 55.1 Å². The van der Waals surface area contributed by atoms with E-state index in [4.69, 9.17) is 5.73 Å². The molecule has 0 aliphatic heterocycles. The lowest BCUT2D eigenvalue weighted by Crippen LogP contribution is -2.54. The largest absolute Gasteiger partial charge is 0.351 e. The van der Waals surface area contributed by atoms with Crippen molar-refractivity contribution in [1.29, 1.82) is 0 Å². The van der Waals surface area contributed by atoms with Gasteiger partial charge in [0.15, 0.2) is 0 Å². The summed E-state index contributed by atoms with van der Waals surface area (Å²) in [6, 6.07) is 6.53. The average Bonchev–Trinajstić information content (AvgIpc) is 3.19. The number of carbonyl (C=O) groups is 1. The molecule has 0 radical (unpaired) electrons. The maximum Gasteiger partial charge on any atom is 0.230 e. The van der Waals surface area contributed by atoms with Crippen molar-refractivity contribution in [3.8, 4) is 0 Å². The summed E-state index contributed by atoms with van der Waals surface area (Å²) in [5.74, 6) is 0.282. The lowest BCUT2D eigenvalue weighted by Gasteiger charge is -2.41. The van der Waals surface area contributed by atoms with Crippen molar-refractivity contribution in [1.82, 2.24) is 5.32 Å². The molecule has 0 bridgehead atoms. The molecule has 0 aromatic heterocycles. The predicted molar refractivity (Wildman–Crippen MR) is 75.6 cm³/mol. The summed E-state index contributed by atoms with van der Waals surface area (Å²) >= 11 is 0. The number of halogens is 1. The highest BCUT2D eigenvalue weighted by atomic mass is 19.1. The van der Waals surface area contributed by atoms with Gasteiger partial charge in [-0.3, -0.25) is 4.79 Å². The summed E-state index contributed by atoms with van der Waals surface area (Å²) in [4.78, 5) is 12.7. The maximum atomic E-state index is 13.4. The van der Waals surface area contributed by atoms with Gasteiger partial charge in [-0.25, -0.2) is 4.39 Å². The summed E-state index contributed by atoms with van der Waals surface area (Å²) in [5.41, 5.74) is 6.01. The van der Waals surface area contributed by atoms with E-state index in [1.807, 2.05) is 6.07 Å². The van der Waals surface area contributed by atoms with Crippen LogP contribution in [0, 0.1) is 11.7 Å². The van der Waals surface area contributed by atoms with E-state index in [1.54, 1.807) is 6.07 Å². The molecule has 108 valence electrons. The van der Waals surface area contributed by atoms with Crippen molar-refractivity contribution in [3.63, 3.8) is 0 Å². The number of benzene rings is 1. The molecule has 20 heavy (non-hydrogen) atoms. The van der Waals surface area contributed by atoms with Gasteiger partial charge in [0.25, 0.3) is 0 Å². The fraction of sp³-hybridized carbons (Fsp3) is 0.562. The number of nitrogens with two attached hydrogens (primary N) is 1. The fourth-order valence-electron chi connectivity index (χ4n) is 3.14. The van der Waals surface area contributed by atoms with E-state index in [-0.39, 0.29) is 17.8 Å². The minimum Gasteiger partial charge on any atom is -0.351 e. The normalized spacial score (nSPS) is 21.9. The third-order valence-corrected chi connectivity index (χ3v) is 4.78. The quantitative estimate of drug-likeness (QED) is 0.865. The molecule has 0 saturated heterocycles. The Labute approximate surface area is 118 Å². The van der Waals surface area contributed by atoms with Crippen LogP contribution in [0.2, 0.25) is 0 Å². The summed E-state index contributed by atoms with van der Waals surface area (Å²) in [6.45, 7) is 0.482. The maximum absolute atomic E-state index is 13.4. The highest BCUT2D eigenvalue weighted by molar-refractivity contribution is 5.89. The standard InChI is InChI=1S/C16H21FN2O/c17-13-4-1-3-12(9-13)16(7-2-8-16)15(20)19-14(10-18)11-5-6-11/h1,3-4,9,11,14H,2,5-8,10,18H2,(H,19,20). The Morgan fingerprint density at radius 3 is 2.70 bits per heavy atom. The Morgan fingerprint density at radius 2 is 2.20 bits per heavy atom. The fourth-order valence-corrected chi connectivity index (χ4v) is 3.14. The average molecular weight is 276 g/mol. The van der Waals surface area contributed by atoms with E-state index < -0.39 is 5.41 Å². The van der Waals surface area contributed by atoms with Crippen LogP contribution in [0.4, 0.5) is 4.39 Å². The molecule has 3 rings (SSSR count). The molecule has 1 amide bonds. The van der Waals surface area contributed by atoms with Crippen LogP contribution >= 0.6 is 0 Å². The van der Waals surface area contributed by atoms with Gasteiger partial charge in [-0.05, 0) is 49.3 Å². The smallest absolute Gasteiger partial charge is 0.230 e. The van der Waals surface area contributed by atoms with Crippen LogP contribution in [0.1, 0.15) is 37.7 Å². The van der Waals surface area contributed by atoms with Gasteiger partial charge in [-0.2, -0.15) is 0 Å². The van der Waals surface area contributed by atoms with Gasteiger partial charge in [-0.1, -0.05) is 18.6 Å². The van der Waals surface area contributed by atoms with Crippen molar-refractivity contribution < 1.29 is 9.18 Å². The molecule has 2 aliphatic carbocycles. The molecule has 1 atom stereocenters. The van der Waals surface area contributed by atoms with Crippen molar-refractivity contribution in [3.05, 3.63) is 35.6 Å². The van der Waals surface area contributed by atoms with Crippen molar-refractivity contribution in [2.45, 2.75) is 43.6 Å². The van der Waals surface area contributed by atoms with Gasteiger partial charge in [0.1, 0.15) is 5.82 Å². The third kappa shape index (κ3) is 2.33. The minimum absolute atomic E-state index is 0.0247. The Bertz CT molecular complexity index is 509. The lowest BCUT2D eigenvalue weighted by atomic mass is 9.63. The highest BCUT2D eigenvalue weighted by Crippen LogP contribution is 2.44. The van der Waals surface area contributed by atoms with Crippen molar-refractivity contribution >= 4 is 5.91 Å². The second-order valence-electron chi connectivity index (χ2n) is 6.10. The molecule has 0 spiro atoms. The summed E-state index contributed by atoms with van der Waals surface area (Å²) in [5, 5.41) is 3.10. The SMILES string of the molecule is NCC(NC(=O)C1(c2cccc(F)c2)CCC1)C1CC1. The molecular formula is C16H21FN2O. The second kappa shape index (κ2) is 5.17. The number of nitrogens with one attached hydrogen (secondary N) is 1. The van der Waals surface area contributed by atoms with Gasteiger partial charge >= 0.3 is 0 Å². The highest BCUT2D eigenvalue weighted by Gasteiger charge is 2.47. The summed E-state index contributed by atoms with van der Waals surface area (Å²) in [7, 11) is 0. The first-order valence-corrected chi connectivity index (χ1v) is 7.43. The first kappa shape index (κ1) is 13.6. The van der Waals surface area contributed by atoms with Gasteiger partial charge in [0.2, 0.25) is 5.91 Å². The number of hydrogen-bond acceptors (Lipinski definition) is 2. The molecule has 2 fully saturated rings. The van der Waals surface area contributed by atoms with E-state index in [0.717, 1.165) is 37.7 Å². The van der Waals surface area contributed by atoms with Crippen LogP contribution in [0.15, 0.2) is 24.3 Å². The van der Waals surface area contributed by atoms with Crippen LogP contribution in [0.25, 0.3) is 0 Å². The first-order chi connectivity index (χ1) is 9.65. The van der Waals surface area contributed by atoms with Crippen LogP contribution in [-0.4, -0.2) is 18.5 Å². The monoisotopic (exact) mass is 276 g/mol.